The molecule has 1 aromatic heterocycles. The third-order valence-electron chi connectivity index (χ3n) is 3.50. The zero-order valence-electron chi connectivity index (χ0n) is 11.3. The molecule has 4 N–H and O–H groups in total. The van der Waals surface area contributed by atoms with Crippen LogP contribution in [0.5, 0.6) is 0 Å². The van der Waals surface area contributed by atoms with Crippen LogP contribution in [0.25, 0.3) is 0 Å². The summed E-state index contributed by atoms with van der Waals surface area (Å²) in [7, 11) is 0. The van der Waals surface area contributed by atoms with Gasteiger partial charge in [-0.2, -0.15) is 13.2 Å². The highest BCUT2D eigenvalue weighted by atomic mass is 19.4. The number of anilines is 1. The largest absolute Gasteiger partial charge is 0.424 e. The predicted octanol–water partition coefficient (Wildman–Crippen LogP) is 1.73. The summed E-state index contributed by atoms with van der Waals surface area (Å²) in [6, 6.07) is 1.20. The SMILES string of the molecule is C[C@@]1(c2cc(N)ncc2F)CO[C@@](C)(C(F)(F)F)C(N)=N1. The van der Waals surface area contributed by atoms with Crippen LogP contribution in [0.4, 0.5) is 23.4 Å². The summed E-state index contributed by atoms with van der Waals surface area (Å²) in [4.78, 5) is 7.39. The zero-order chi connectivity index (χ0) is 16.1. The van der Waals surface area contributed by atoms with Crippen LogP contribution in [0.2, 0.25) is 0 Å². The van der Waals surface area contributed by atoms with Gasteiger partial charge >= 0.3 is 6.18 Å². The van der Waals surface area contributed by atoms with Gasteiger partial charge in [-0.05, 0) is 19.9 Å². The van der Waals surface area contributed by atoms with E-state index in [9.17, 15) is 17.6 Å². The molecule has 0 saturated carbocycles. The quantitative estimate of drug-likeness (QED) is 0.774. The molecule has 2 rings (SSSR count). The fourth-order valence-corrected chi connectivity index (χ4v) is 2.00. The molecule has 2 atom stereocenters. The van der Waals surface area contributed by atoms with Crippen LogP contribution in [0, 0.1) is 5.82 Å². The highest BCUT2D eigenvalue weighted by molar-refractivity contribution is 5.90. The fraction of sp³-hybridized carbons (Fsp3) is 0.500. The first-order valence-corrected chi connectivity index (χ1v) is 5.97. The Kier molecular flexibility index (Phi) is 3.36. The molecule has 0 spiro atoms. The third-order valence-corrected chi connectivity index (χ3v) is 3.50. The van der Waals surface area contributed by atoms with Crippen LogP contribution in [0.1, 0.15) is 19.4 Å². The van der Waals surface area contributed by atoms with E-state index in [-0.39, 0.29) is 11.4 Å². The fourth-order valence-electron chi connectivity index (χ4n) is 2.00. The van der Waals surface area contributed by atoms with Gasteiger partial charge in [0.2, 0.25) is 5.60 Å². The molecule has 0 saturated heterocycles. The van der Waals surface area contributed by atoms with Crippen molar-refractivity contribution < 1.29 is 22.3 Å². The lowest BCUT2D eigenvalue weighted by molar-refractivity contribution is -0.249. The van der Waals surface area contributed by atoms with Crippen LogP contribution >= 0.6 is 0 Å². The van der Waals surface area contributed by atoms with Crippen molar-refractivity contribution in [3.8, 4) is 0 Å². The van der Waals surface area contributed by atoms with E-state index < -0.39 is 35.6 Å². The van der Waals surface area contributed by atoms with Crippen molar-refractivity contribution in [3.63, 3.8) is 0 Å². The summed E-state index contributed by atoms with van der Waals surface area (Å²) in [6.45, 7) is 1.69. The van der Waals surface area contributed by atoms with Crippen LogP contribution in [0.3, 0.4) is 0 Å². The van der Waals surface area contributed by atoms with E-state index in [2.05, 4.69) is 9.98 Å². The van der Waals surface area contributed by atoms with Gasteiger partial charge in [-0.3, -0.25) is 4.99 Å². The lowest BCUT2D eigenvalue weighted by Crippen LogP contribution is -2.60. The second-order valence-corrected chi connectivity index (χ2v) is 5.18. The average Bonchev–Trinajstić information content (AvgIpc) is 2.36. The Morgan fingerprint density at radius 1 is 1.29 bits per heavy atom. The molecule has 2 heterocycles. The number of aliphatic imine (C=N–C) groups is 1. The minimum atomic E-state index is -4.72. The first kappa shape index (κ1) is 15.5. The Bertz CT molecular complexity index is 603. The number of ether oxygens (including phenoxy) is 1. The van der Waals surface area contributed by atoms with Crippen LogP contribution in [0.15, 0.2) is 17.3 Å². The van der Waals surface area contributed by atoms with Crippen molar-refractivity contribution in [2.24, 2.45) is 10.7 Å². The molecule has 9 heteroatoms. The van der Waals surface area contributed by atoms with Crippen molar-refractivity contribution >= 4 is 11.7 Å². The van der Waals surface area contributed by atoms with Gasteiger partial charge in [0.25, 0.3) is 0 Å². The molecule has 0 bridgehead atoms. The minimum Gasteiger partial charge on any atom is -0.385 e. The Balaban J connectivity index is 2.51. The van der Waals surface area contributed by atoms with Crippen LogP contribution < -0.4 is 11.5 Å². The van der Waals surface area contributed by atoms with E-state index in [1.54, 1.807) is 0 Å². The van der Waals surface area contributed by atoms with Crippen molar-refractivity contribution in [2.45, 2.75) is 31.2 Å². The van der Waals surface area contributed by atoms with Gasteiger partial charge in [-0.1, -0.05) is 0 Å². The van der Waals surface area contributed by atoms with Gasteiger partial charge < -0.3 is 16.2 Å². The Morgan fingerprint density at radius 3 is 2.43 bits per heavy atom. The summed E-state index contributed by atoms with van der Waals surface area (Å²) >= 11 is 0. The Hall–Kier alpha value is -1.90. The van der Waals surface area contributed by atoms with Crippen molar-refractivity contribution in [1.82, 2.24) is 4.98 Å². The van der Waals surface area contributed by atoms with Crippen molar-refractivity contribution in [2.75, 3.05) is 12.3 Å². The third kappa shape index (κ3) is 2.41. The van der Waals surface area contributed by atoms with Crippen LogP contribution in [-0.2, 0) is 10.3 Å². The number of halogens is 4. The molecule has 1 aliphatic rings. The molecular formula is C12H14F4N4O. The molecule has 0 fully saturated rings. The molecule has 21 heavy (non-hydrogen) atoms. The highest BCUT2D eigenvalue weighted by Crippen LogP contribution is 2.41. The maximum Gasteiger partial charge on any atom is 0.424 e. The van der Waals surface area contributed by atoms with E-state index in [1.165, 1.54) is 13.0 Å². The van der Waals surface area contributed by atoms with Gasteiger partial charge in [0.05, 0.1) is 12.8 Å². The number of hydrogen-bond acceptors (Lipinski definition) is 5. The number of nitrogens with two attached hydrogens (primary N) is 2. The second-order valence-electron chi connectivity index (χ2n) is 5.18. The lowest BCUT2D eigenvalue weighted by atomic mass is 9.90. The monoisotopic (exact) mass is 306 g/mol. The zero-order valence-corrected chi connectivity index (χ0v) is 11.3. The molecule has 1 aromatic rings. The van der Waals surface area contributed by atoms with E-state index >= 15 is 0 Å². The van der Waals surface area contributed by atoms with E-state index in [0.717, 1.165) is 13.1 Å². The molecule has 0 aliphatic carbocycles. The molecule has 0 aromatic carbocycles. The highest BCUT2D eigenvalue weighted by Gasteiger charge is 2.59. The summed E-state index contributed by atoms with van der Waals surface area (Å²) in [6.07, 6.45) is -3.85. The number of hydrogen-bond donors (Lipinski definition) is 2. The first-order chi connectivity index (χ1) is 9.49. The van der Waals surface area contributed by atoms with Crippen molar-refractivity contribution in [1.29, 1.82) is 0 Å². The van der Waals surface area contributed by atoms with Crippen LogP contribution in [-0.4, -0.2) is 29.2 Å². The summed E-state index contributed by atoms with van der Waals surface area (Å²) < 4.78 is 57.7. The number of amidine groups is 1. The summed E-state index contributed by atoms with van der Waals surface area (Å²) in [5.74, 6) is -1.49. The average molecular weight is 306 g/mol. The molecule has 0 unspecified atom stereocenters. The number of aromatic nitrogens is 1. The smallest absolute Gasteiger partial charge is 0.385 e. The summed E-state index contributed by atoms with van der Waals surface area (Å²) in [5.41, 5.74) is 6.78. The number of alkyl halides is 3. The number of pyridine rings is 1. The Morgan fingerprint density at radius 2 is 1.90 bits per heavy atom. The van der Waals surface area contributed by atoms with Gasteiger partial charge in [0, 0.05) is 5.56 Å². The molecule has 0 radical (unpaired) electrons. The normalized spacial score (nSPS) is 30.1. The molecular weight excluding hydrogens is 292 g/mol. The number of rotatable bonds is 1. The van der Waals surface area contributed by atoms with Gasteiger partial charge in [0.1, 0.15) is 23.0 Å². The van der Waals surface area contributed by atoms with Crippen molar-refractivity contribution in [3.05, 3.63) is 23.6 Å². The van der Waals surface area contributed by atoms with Gasteiger partial charge in [-0.25, -0.2) is 9.37 Å². The molecule has 116 valence electrons. The standard InChI is InChI=1S/C12H14F4N4O/c1-10(6-3-8(17)19-4-7(6)13)5-21-11(2,9(18)20-10)12(14,15)16/h3-4H,5H2,1-2H3,(H2,17,19)(H2,18,20)/t10-,11+/m0/s1. The molecule has 1 aliphatic heterocycles. The summed E-state index contributed by atoms with van der Waals surface area (Å²) in [5, 5.41) is 0. The van der Waals surface area contributed by atoms with E-state index in [1.807, 2.05) is 0 Å². The molecule has 0 amide bonds. The number of nitrogens with zero attached hydrogens (tertiary/aromatic N) is 2. The first-order valence-electron chi connectivity index (χ1n) is 5.97. The second kappa shape index (κ2) is 4.55. The van der Waals surface area contributed by atoms with Gasteiger partial charge in [0.15, 0.2) is 0 Å². The maximum atomic E-state index is 13.8. The van der Waals surface area contributed by atoms with Gasteiger partial charge in [-0.15, -0.1) is 0 Å². The number of nitrogen functional groups attached to an aromatic ring is 1. The maximum absolute atomic E-state index is 13.8. The predicted molar refractivity (Wildman–Crippen MR) is 68.0 cm³/mol. The topological polar surface area (TPSA) is 86.5 Å². The Labute approximate surface area is 118 Å². The minimum absolute atomic E-state index is 0.0190. The van der Waals surface area contributed by atoms with E-state index in [0.29, 0.717) is 0 Å². The van der Waals surface area contributed by atoms with E-state index in [4.69, 9.17) is 16.2 Å². The lowest BCUT2D eigenvalue weighted by Gasteiger charge is -2.40. The molecule has 5 nitrogen and oxygen atoms in total.